The molecule has 2 aromatic carbocycles. The van der Waals surface area contributed by atoms with Crippen LogP contribution in [-0.2, 0) is 23.9 Å². The van der Waals surface area contributed by atoms with E-state index in [9.17, 15) is 24.0 Å². The number of likely N-dealkylation sites (N-methyl/N-ethyl adjacent to an activating group) is 1. The number of fused-ring (bicyclic) bond motifs is 3. The van der Waals surface area contributed by atoms with Crippen LogP contribution in [-0.4, -0.2) is 104 Å². The van der Waals surface area contributed by atoms with Gasteiger partial charge in [-0.25, -0.2) is 4.79 Å². The molecule has 0 spiro atoms. The zero-order chi connectivity index (χ0) is 32.1. The fraction of sp³-hybridized carbons (Fsp3) is 0.364. The van der Waals surface area contributed by atoms with E-state index < -0.39 is 42.8 Å². The highest BCUT2D eigenvalue weighted by Crippen LogP contribution is 2.44. The number of amides is 5. The quantitative estimate of drug-likeness (QED) is 0.317. The summed E-state index contributed by atoms with van der Waals surface area (Å²) in [6.07, 6.45) is 10.5. The molecule has 0 saturated heterocycles. The van der Waals surface area contributed by atoms with Crippen molar-refractivity contribution >= 4 is 29.7 Å². The molecule has 1 aliphatic carbocycles. The van der Waals surface area contributed by atoms with Gasteiger partial charge in [-0.05, 0) is 28.7 Å². The zero-order valence-corrected chi connectivity index (χ0v) is 25.0. The number of alkyl carbamates (subject to hydrolysis) is 1. The lowest BCUT2D eigenvalue weighted by atomic mass is 9.98. The molecule has 3 rings (SSSR count). The van der Waals surface area contributed by atoms with Crippen LogP contribution in [0.25, 0.3) is 11.1 Å². The van der Waals surface area contributed by atoms with Gasteiger partial charge in [-0.15, -0.1) is 12.8 Å². The van der Waals surface area contributed by atoms with Crippen molar-refractivity contribution in [2.45, 2.75) is 19.3 Å². The van der Waals surface area contributed by atoms with Gasteiger partial charge < -0.3 is 30.1 Å². The van der Waals surface area contributed by atoms with Gasteiger partial charge in [0.25, 0.3) is 0 Å². The van der Waals surface area contributed by atoms with E-state index in [2.05, 4.69) is 22.5 Å². The minimum atomic E-state index is -0.782. The Morgan fingerprint density at radius 3 is 1.86 bits per heavy atom. The van der Waals surface area contributed by atoms with E-state index in [0.717, 1.165) is 32.1 Å². The predicted molar refractivity (Wildman–Crippen MR) is 165 cm³/mol. The summed E-state index contributed by atoms with van der Waals surface area (Å²) in [7, 11) is 1.44. The van der Waals surface area contributed by atoms with Crippen LogP contribution in [0.5, 0.6) is 0 Å². The fourth-order valence-corrected chi connectivity index (χ4v) is 4.93. The standard InChI is InChI=1S/C33H37N5O6/c1-5-16-36(20-29(39)34-4)31(41)22-38(18-7-3)32(42)21-37(17-6-2)30(40)19-35-33(43)44-23-28-26-14-10-8-12-24(26)25-13-9-11-15-27(25)28/h1-2,8-15,28H,7,16-23H2,3-4H3,(H,34,39)(H,35,43). The highest BCUT2D eigenvalue weighted by Gasteiger charge is 2.29. The van der Waals surface area contributed by atoms with Crippen molar-refractivity contribution in [2.75, 3.05) is 59.5 Å². The first-order chi connectivity index (χ1) is 21.2. The number of ether oxygens (including phenoxy) is 1. The highest BCUT2D eigenvalue weighted by molar-refractivity contribution is 5.91. The van der Waals surface area contributed by atoms with Crippen LogP contribution in [0, 0.1) is 24.7 Å². The molecule has 0 saturated carbocycles. The van der Waals surface area contributed by atoms with Gasteiger partial charge in [0.2, 0.25) is 23.6 Å². The minimum Gasteiger partial charge on any atom is -0.449 e. The van der Waals surface area contributed by atoms with Gasteiger partial charge in [0.05, 0.1) is 19.6 Å². The third kappa shape index (κ3) is 8.62. The Kier molecular flexibility index (Phi) is 12.4. The molecule has 2 N–H and O–H groups in total. The summed E-state index contributed by atoms with van der Waals surface area (Å²) in [6, 6.07) is 15.9. The lowest BCUT2D eigenvalue weighted by Gasteiger charge is -2.28. The molecule has 0 fully saturated rings. The summed E-state index contributed by atoms with van der Waals surface area (Å²) in [5, 5.41) is 4.87. The Bertz CT molecular complexity index is 1410. The molecule has 0 radical (unpaired) electrons. The molecule has 5 amide bonds. The second-order valence-corrected chi connectivity index (χ2v) is 10.1. The fourth-order valence-electron chi connectivity index (χ4n) is 4.93. The number of terminal acetylenes is 2. The lowest BCUT2D eigenvalue weighted by Crippen LogP contribution is -2.50. The number of rotatable bonds is 14. The molecule has 0 atom stereocenters. The molecule has 11 nitrogen and oxygen atoms in total. The topological polar surface area (TPSA) is 128 Å². The van der Waals surface area contributed by atoms with Crippen LogP contribution in [0.1, 0.15) is 30.4 Å². The van der Waals surface area contributed by atoms with Gasteiger partial charge in [-0.1, -0.05) is 67.3 Å². The maximum absolute atomic E-state index is 13.2. The molecule has 0 bridgehead atoms. The summed E-state index contributed by atoms with van der Waals surface area (Å²) in [5.41, 5.74) is 4.30. The molecule has 1 aliphatic rings. The van der Waals surface area contributed by atoms with Crippen LogP contribution in [0.4, 0.5) is 4.79 Å². The maximum Gasteiger partial charge on any atom is 0.407 e. The van der Waals surface area contributed by atoms with Gasteiger partial charge in [-0.2, -0.15) is 0 Å². The number of nitrogens with one attached hydrogen (secondary N) is 2. The molecule has 0 unspecified atom stereocenters. The van der Waals surface area contributed by atoms with E-state index in [1.807, 2.05) is 55.5 Å². The van der Waals surface area contributed by atoms with Crippen molar-refractivity contribution in [1.82, 2.24) is 25.3 Å². The maximum atomic E-state index is 13.2. The van der Waals surface area contributed by atoms with Gasteiger partial charge in [-0.3, -0.25) is 19.2 Å². The Morgan fingerprint density at radius 2 is 1.32 bits per heavy atom. The first kappa shape index (κ1) is 33.2. The van der Waals surface area contributed by atoms with Crippen LogP contribution < -0.4 is 10.6 Å². The summed E-state index contributed by atoms with van der Waals surface area (Å²) in [4.78, 5) is 66.9. The summed E-state index contributed by atoms with van der Waals surface area (Å²) in [5.74, 6) is 2.50. The van der Waals surface area contributed by atoms with Crippen LogP contribution in [0.15, 0.2) is 48.5 Å². The Hall–Kier alpha value is -5.29. The van der Waals surface area contributed by atoms with E-state index in [1.165, 1.54) is 11.9 Å². The molecular weight excluding hydrogens is 562 g/mol. The van der Waals surface area contributed by atoms with Crippen LogP contribution in [0.2, 0.25) is 0 Å². The molecule has 0 heterocycles. The van der Waals surface area contributed by atoms with Gasteiger partial charge in [0.1, 0.15) is 26.2 Å². The first-order valence-electron chi connectivity index (χ1n) is 14.2. The third-order valence-electron chi connectivity index (χ3n) is 7.11. The summed E-state index contributed by atoms with van der Waals surface area (Å²) >= 11 is 0. The number of hydrogen-bond acceptors (Lipinski definition) is 6. The van der Waals surface area contributed by atoms with Crippen LogP contribution in [0.3, 0.4) is 0 Å². The van der Waals surface area contributed by atoms with Crippen molar-refractivity contribution < 1.29 is 28.7 Å². The molecule has 0 aliphatic heterocycles. The Balaban J connectivity index is 1.56. The van der Waals surface area contributed by atoms with E-state index in [-0.39, 0.29) is 45.2 Å². The van der Waals surface area contributed by atoms with Gasteiger partial charge >= 0.3 is 6.09 Å². The monoisotopic (exact) mass is 599 g/mol. The zero-order valence-electron chi connectivity index (χ0n) is 25.0. The lowest BCUT2D eigenvalue weighted by molar-refractivity contribution is -0.144. The van der Waals surface area contributed by atoms with Crippen molar-refractivity contribution in [1.29, 1.82) is 0 Å². The molecular formula is C33H37N5O6. The van der Waals surface area contributed by atoms with Gasteiger partial charge in [0.15, 0.2) is 0 Å². The molecule has 230 valence electrons. The second-order valence-electron chi connectivity index (χ2n) is 10.1. The van der Waals surface area contributed by atoms with E-state index in [4.69, 9.17) is 17.6 Å². The normalized spacial score (nSPS) is 11.2. The van der Waals surface area contributed by atoms with E-state index in [1.54, 1.807) is 0 Å². The second kappa shape index (κ2) is 16.4. The number of carbonyl (C=O) groups is 5. The van der Waals surface area contributed by atoms with E-state index >= 15 is 0 Å². The van der Waals surface area contributed by atoms with Crippen molar-refractivity contribution in [2.24, 2.45) is 0 Å². The van der Waals surface area contributed by atoms with Crippen molar-refractivity contribution in [3.8, 4) is 35.8 Å². The highest BCUT2D eigenvalue weighted by atomic mass is 16.5. The number of carbonyl (C=O) groups excluding carboxylic acids is 5. The SMILES string of the molecule is C#CCN(CC(=O)NC)C(=O)CN(CCC)C(=O)CN(CC#C)C(=O)CNC(=O)OCC1c2ccccc2-c2ccccc21. The summed E-state index contributed by atoms with van der Waals surface area (Å²) < 4.78 is 5.48. The number of benzene rings is 2. The molecule has 2 aromatic rings. The number of nitrogens with zero attached hydrogens (tertiary/aromatic N) is 3. The predicted octanol–water partition coefficient (Wildman–Crippen LogP) is 1.43. The van der Waals surface area contributed by atoms with Crippen molar-refractivity contribution in [3.63, 3.8) is 0 Å². The largest absolute Gasteiger partial charge is 0.449 e. The van der Waals surface area contributed by atoms with Crippen LogP contribution >= 0.6 is 0 Å². The minimum absolute atomic E-state index is 0.0806. The molecule has 0 aromatic heterocycles. The summed E-state index contributed by atoms with van der Waals surface area (Å²) in [6.45, 7) is 0.402. The Labute approximate surface area is 257 Å². The average Bonchev–Trinajstić information content (AvgIpc) is 3.35. The van der Waals surface area contributed by atoms with Crippen molar-refractivity contribution in [3.05, 3.63) is 59.7 Å². The van der Waals surface area contributed by atoms with E-state index in [0.29, 0.717) is 6.42 Å². The smallest absolute Gasteiger partial charge is 0.407 e. The average molecular weight is 600 g/mol. The third-order valence-corrected chi connectivity index (χ3v) is 7.11. The molecule has 11 heteroatoms. The first-order valence-corrected chi connectivity index (χ1v) is 14.2. The Morgan fingerprint density at radius 1 is 0.795 bits per heavy atom. The van der Waals surface area contributed by atoms with Gasteiger partial charge in [0, 0.05) is 19.5 Å². The number of hydrogen-bond donors (Lipinski definition) is 2. The molecule has 44 heavy (non-hydrogen) atoms.